The van der Waals surface area contributed by atoms with Gasteiger partial charge in [0, 0.05) is 17.3 Å². The van der Waals surface area contributed by atoms with Crippen LogP contribution in [0.2, 0.25) is 5.02 Å². The summed E-state index contributed by atoms with van der Waals surface area (Å²) in [4.78, 5) is 23.5. The van der Waals surface area contributed by atoms with Crippen molar-refractivity contribution in [1.29, 1.82) is 0 Å². The Kier molecular flexibility index (Phi) is 7.76. The number of hydrogen-bond acceptors (Lipinski definition) is 3. The van der Waals surface area contributed by atoms with Crippen molar-refractivity contribution in [2.75, 3.05) is 23.4 Å². The quantitative estimate of drug-likeness (QED) is 0.736. The third-order valence-corrected chi connectivity index (χ3v) is 4.39. The van der Waals surface area contributed by atoms with E-state index in [1.54, 1.807) is 6.07 Å². The molecule has 25 heavy (non-hydrogen) atoms. The minimum absolute atomic E-state index is 0.124. The molecule has 0 fully saturated rings. The van der Waals surface area contributed by atoms with Crippen LogP contribution in [0.3, 0.4) is 0 Å². The van der Waals surface area contributed by atoms with Crippen LogP contribution < -0.4 is 10.6 Å². The Hall–Kier alpha value is -2.05. The maximum Gasteiger partial charge on any atom is 0.234 e. The second kappa shape index (κ2) is 10.1. The molecule has 0 aliphatic carbocycles. The fourth-order valence-electron chi connectivity index (χ4n) is 2.06. The van der Waals surface area contributed by atoms with E-state index in [1.165, 1.54) is 36.0 Å². The van der Waals surface area contributed by atoms with Gasteiger partial charge in [-0.3, -0.25) is 9.59 Å². The lowest BCUT2D eigenvalue weighted by Gasteiger charge is -2.07. The van der Waals surface area contributed by atoms with Crippen molar-refractivity contribution in [3.8, 4) is 0 Å². The number of rotatable bonds is 8. The van der Waals surface area contributed by atoms with Gasteiger partial charge in [-0.05, 0) is 48.4 Å². The van der Waals surface area contributed by atoms with E-state index in [9.17, 15) is 14.0 Å². The minimum atomic E-state index is -0.359. The van der Waals surface area contributed by atoms with Crippen LogP contribution in [0.4, 0.5) is 10.1 Å². The molecule has 0 saturated heterocycles. The first-order valence-corrected chi connectivity index (χ1v) is 9.20. The number of nitrogens with one attached hydrogen (secondary N) is 2. The summed E-state index contributed by atoms with van der Waals surface area (Å²) in [5.41, 5.74) is 1.58. The van der Waals surface area contributed by atoms with Crippen LogP contribution in [0, 0.1) is 5.82 Å². The predicted molar refractivity (Wildman–Crippen MR) is 101 cm³/mol. The van der Waals surface area contributed by atoms with Crippen molar-refractivity contribution < 1.29 is 14.0 Å². The zero-order chi connectivity index (χ0) is 18.1. The largest absolute Gasteiger partial charge is 0.355 e. The third-order valence-electron chi connectivity index (χ3n) is 3.22. The number of carbonyl (C=O) groups is 2. The van der Waals surface area contributed by atoms with Gasteiger partial charge in [-0.2, -0.15) is 0 Å². The van der Waals surface area contributed by atoms with Crippen molar-refractivity contribution in [1.82, 2.24) is 5.32 Å². The molecule has 4 nitrogen and oxygen atoms in total. The molecule has 0 aliphatic heterocycles. The molecule has 2 aromatic carbocycles. The third kappa shape index (κ3) is 7.58. The van der Waals surface area contributed by atoms with Crippen LogP contribution in [-0.2, 0) is 16.0 Å². The number of thioether (sulfide) groups is 1. The molecule has 0 aromatic heterocycles. The lowest BCUT2D eigenvalue weighted by atomic mass is 10.1. The van der Waals surface area contributed by atoms with Gasteiger partial charge in [0.05, 0.1) is 11.5 Å². The summed E-state index contributed by atoms with van der Waals surface area (Å²) in [6.07, 6.45) is 0.696. The van der Waals surface area contributed by atoms with Gasteiger partial charge < -0.3 is 10.6 Å². The number of amides is 2. The van der Waals surface area contributed by atoms with Gasteiger partial charge in [0.1, 0.15) is 5.82 Å². The fourth-order valence-corrected chi connectivity index (χ4v) is 2.92. The van der Waals surface area contributed by atoms with Crippen LogP contribution in [0.5, 0.6) is 0 Å². The van der Waals surface area contributed by atoms with Gasteiger partial charge in [0.15, 0.2) is 0 Å². The van der Waals surface area contributed by atoms with Gasteiger partial charge in [-0.25, -0.2) is 4.39 Å². The molecular weight excluding hydrogens is 363 g/mol. The summed E-state index contributed by atoms with van der Waals surface area (Å²) in [5, 5.41) is 6.12. The Morgan fingerprint density at radius 2 is 1.76 bits per heavy atom. The van der Waals surface area contributed by atoms with Crippen molar-refractivity contribution in [3.63, 3.8) is 0 Å². The first-order valence-electron chi connectivity index (χ1n) is 7.67. The Labute approximate surface area is 155 Å². The molecule has 0 spiro atoms. The molecular formula is C18H18ClFN2O2S. The number of benzene rings is 2. The van der Waals surface area contributed by atoms with E-state index in [4.69, 9.17) is 11.6 Å². The highest BCUT2D eigenvalue weighted by Gasteiger charge is 2.06. The Bertz CT molecular complexity index is 725. The van der Waals surface area contributed by atoms with Crippen LogP contribution >= 0.6 is 23.4 Å². The Balaban J connectivity index is 1.60. The van der Waals surface area contributed by atoms with E-state index in [1.807, 2.05) is 18.2 Å². The molecule has 2 N–H and O–H groups in total. The standard InChI is InChI=1S/C18H18ClFN2O2S/c19-14-3-1-2-13(10-14)8-9-21-17(23)11-25-12-18(24)22-16-6-4-15(20)5-7-16/h1-7,10H,8-9,11-12H2,(H,21,23)(H,22,24). The highest BCUT2D eigenvalue weighted by molar-refractivity contribution is 8.00. The predicted octanol–water partition coefficient (Wildman–Crippen LogP) is 3.51. The van der Waals surface area contributed by atoms with Crippen molar-refractivity contribution in [2.45, 2.75) is 6.42 Å². The maximum atomic E-state index is 12.8. The lowest BCUT2D eigenvalue weighted by molar-refractivity contribution is -0.118. The van der Waals surface area contributed by atoms with E-state index in [0.717, 1.165) is 5.56 Å². The zero-order valence-electron chi connectivity index (χ0n) is 13.4. The molecule has 0 bridgehead atoms. The summed E-state index contributed by atoms with van der Waals surface area (Å²) < 4.78 is 12.8. The fraction of sp³-hybridized carbons (Fsp3) is 0.222. The topological polar surface area (TPSA) is 58.2 Å². The van der Waals surface area contributed by atoms with Crippen LogP contribution in [0.1, 0.15) is 5.56 Å². The first kappa shape index (κ1) is 19.3. The molecule has 7 heteroatoms. The SMILES string of the molecule is O=C(CSCC(=O)Nc1ccc(F)cc1)NCCc1cccc(Cl)c1. The average Bonchev–Trinajstić information content (AvgIpc) is 2.57. The van der Waals surface area contributed by atoms with Gasteiger partial charge in [-0.1, -0.05) is 23.7 Å². The summed E-state index contributed by atoms with van der Waals surface area (Å²) in [5.74, 6) is -0.363. The maximum absolute atomic E-state index is 12.8. The van der Waals surface area contributed by atoms with E-state index in [-0.39, 0.29) is 29.1 Å². The zero-order valence-corrected chi connectivity index (χ0v) is 15.0. The van der Waals surface area contributed by atoms with Crippen LogP contribution in [0.15, 0.2) is 48.5 Å². The van der Waals surface area contributed by atoms with Crippen molar-refractivity contribution in [3.05, 3.63) is 64.9 Å². The molecule has 2 rings (SSSR count). The van der Waals surface area contributed by atoms with E-state index in [0.29, 0.717) is 23.7 Å². The number of halogens is 2. The summed E-state index contributed by atoms with van der Waals surface area (Å²) >= 11 is 7.12. The molecule has 0 atom stereocenters. The van der Waals surface area contributed by atoms with Gasteiger partial charge in [0.2, 0.25) is 11.8 Å². The number of carbonyl (C=O) groups excluding carboxylic acids is 2. The Morgan fingerprint density at radius 1 is 1.04 bits per heavy atom. The minimum Gasteiger partial charge on any atom is -0.355 e. The van der Waals surface area contributed by atoms with Gasteiger partial charge in [-0.15, -0.1) is 11.8 Å². The molecule has 2 amide bonds. The molecule has 0 heterocycles. The monoisotopic (exact) mass is 380 g/mol. The lowest BCUT2D eigenvalue weighted by Crippen LogP contribution is -2.28. The second-order valence-electron chi connectivity index (χ2n) is 5.28. The van der Waals surface area contributed by atoms with Gasteiger partial charge in [0.25, 0.3) is 0 Å². The van der Waals surface area contributed by atoms with E-state index < -0.39 is 0 Å². The molecule has 132 valence electrons. The van der Waals surface area contributed by atoms with E-state index in [2.05, 4.69) is 10.6 Å². The Morgan fingerprint density at radius 3 is 2.48 bits per heavy atom. The smallest absolute Gasteiger partial charge is 0.234 e. The van der Waals surface area contributed by atoms with Crippen molar-refractivity contribution >= 4 is 40.9 Å². The van der Waals surface area contributed by atoms with Crippen LogP contribution in [-0.4, -0.2) is 29.9 Å². The average molecular weight is 381 g/mol. The van der Waals surface area contributed by atoms with E-state index >= 15 is 0 Å². The molecule has 2 aromatic rings. The normalized spacial score (nSPS) is 10.3. The highest BCUT2D eigenvalue weighted by Crippen LogP contribution is 2.11. The molecule has 0 saturated carbocycles. The number of anilines is 1. The highest BCUT2D eigenvalue weighted by atomic mass is 35.5. The first-order chi connectivity index (χ1) is 12.0. The number of hydrogen-bond donors (Lipinski definition) is 2. The second-order valence-corrected chi connectivity index (χ2v) is 6.70. The molecule has 0 aliphatic rings. The van der Waals surface area contributed by atoms with Gasteiger partial charge >= 0.3 is 0 Å². The summed E-state index contributed by atoms with van der Waals surface area (Å²) in [6.45, 7) is 0.515. The summed E-state index contributed by atoms with van der Waals surface area (Å²) in [6, 6.07) is 13.0. The molecule has 0 radical (unpaired) electrons. The molecule has 0 unspecified atom stereocenters. The summed E-state index contributed by atoms with van der Waals surface area (Å²) in [7, 11) is 0. The van der Waals surface area contributed by atoms with Crippen molar-refractivity contribution in [2.24, 2.45) is 0 Å². The van der Waals surface area contributed by atoms with Crippen LogP contribution in [0.25, 0.3) is 0 Å².